The Bertz CT molecular complexity index is 2400. The number of nitriles is 1. The van der Waals surface area contributed by atoms with Gasteiger partial charge < -0.3 is 19.9 Å². The van der Waals surface area contributed by atoms with Crippen LogP contribution in [0, 0.1) is 21.4 Å². The van der Waals surface area contributed by atoms with Crippen LogP contribution in [0.2, 0.25) is 0 Å². The minimum absolute atomic E-state index is 0.120. The monoisotopic (exact) mass is 766 g/mol. The van der Waals surface area contributed by atoms with Crippen molar-refractivity contribution >= 4 is 50.9 Å². The SMILES string of the molecule is N#Cc1ccc(COc2ccc(C[C@H](NC(=O)c3ccc4ccccc4c3)C(=O)N(c3ccc(NCCCc4ccccc4)c([N+](=O)[O-])c3)S(=O)[O-])cc2)cc1. The van der Waals surface area contributed by atoms with Crippen molar-refractivity contribution in [2.75, 3.05) is 16.2 Å². The number of amides is 2. The molecule has 0 aliphatic carbocycles. The summed E-state index contributed by atoms with van der Waals surface area (Å²) < 4.78 is 31.8. The van der Waals surface area contributed by atoms with Crippen molar-refractivity contribution in [3.63, 3.8) is 0 Å². The van der Waals surface area contributed by atoms with E-state index in [-0.39, 0.29) is 30.0 Å². The molecule has 56 heavy (non-hydrogen) atoms. The van der Waals surface area contributed by atoms with Gasteiger partial charge in [0.1, 0.15) is 24.1 Å². The van der Waals surface area contributed by atoms with Crippen molar-refractivity contribution < 1.29 is 28.0 Å². The van der Waals surface area contributed by atoms with Crippen LogP contribution < -0.4 is 19.7 Å². The molecule has 0 radical (unpaired) electrons. The summed E-state index contributed by atoms with van der Waals surface area (Å²) in [4.78, 5) is 39.4. The van der Waals surface area contributed by atoms with Crippen LogP contribution in [0.5, 0.6) is 5.75 Å². The molecule has 0 aromatic heterocycles. The first-order chi connectivity index (χ1) is 27.2. The Morgan fingerprint density at radius 3 is 2.21 bits per heavy atom. The van der Waals surface area contributed by atoms with Crippen LogP contribution in [0.15, 0.2) is 140 Å². The number of nitro benzene ring substituents is 1. The number of hydrogen-bond acceptors (Lipinski definition) is 9. The molecule has 0 heterocycles. The molecule has 0 saturated carbocycles. The van der Waals surface area contributed by atoms with Gasteiger partial charge in [0.05, 0.1) is 33.5 Å². The number of carbonyl (C=O) groups is 2. The summed E-state index contributed by atoms with van der Waals surface area (Å²) >= 11 is -3.22. The molecule has 2 amide bonds. The first-order valence-corrected chi connectivity index (χ1v) is 18.7. The third-order valence-corrected chi connectivity index (χ3v) is 9.72. The third-order valence-electron chi connectivity index (χ3n) is 9.03. The number of aryl methyl sites for hydroxylation is 1. The lowest BCUT2D eigenvalue weighted by Crippen LogP contribution is -2.50. The Kier molecular flexibility index (Phi) is 12.8. The number of rotatable bonds is 16. The van der Waals surface area contributed by atoms with E-state index < -0.39 is 39.7 Å². The molecule has 6 aromatic rings. The standard InChI is InChI=1S/C43H37N5O7S/c44-28-32-12-14-33(15-13-32)29-55-38-21-16-31(17-22-38)25-40(46-42(49)36-19-18-34-10-4-5-11-35(34)26-36)43(50)47(56(53)54)37-20-23-39(41(27-37)48(51)52)45-24-6-9-30-7-2-1-3-8-30/h1-5,7-8,10-23,26-27,40,45H,6,9,24-25,29H2,(H,46,49)(H,53,54)/p-1/t40-/m0/s1. The van der Waals surface area contributed by atoms with Crippen LogP contribution in [0.1, 0.15) is 39.0 Å². The highest BCUT2D eigenvalue weighted by molar-refractivity contribution is 7.81. The van der Waals surface area contributed by atoms with Gasteiger partial charge in [-0.15, -0.1) is 0 Å². The number of nitro groups is 1. The number of benzene rings is 6. The average Bonchev–Trinajstić information content (AvgIpc) is 3.22. The molecule has 6 rings (SSSR count). The second kappa shape index (κ2) is 18.4. The minimum atomic E-state index is -3.22. The van der Waals surface area contributed by atoms with Crippen LogP contribution in [-0.4, -0.2) is 38.1 Å². The van der Waals surface area contributed by atoms with Crippen molar-refractivity contribution in [2.24, 2.45) is 0 Å². The molecular formula is C43H36N5O7S-. The van der Waals surface area contributed by atoms with Crippen molar-refractivity contribution in [3.8, 4) is 11.8 Å². The predicted octanol–water partition coefficient (Wildman–Crippen LogP) is 7.41. The van der Waals surface area contributed by atoms with Gasteiger partial charge in [0.25, 0.3) is 17.5 Å². The smallest absolute Gasteiger partial charge is 0.294 e. The van der Waals surface area contributed by atoms with E-state index >= 15 is 0 Å². The van der Waals surface area contributed by atoms with E-state index in [0.29, 0.717) is 34.1 Å². The van der Waals surface area contributed by atoms with Gasteiger partial charge in [0.15, 0.2) is 0 Å². The minimum Gasteiger partial charge on any atom is -0.755 e. The molecule has 2 N–H and O–H groups in total. The molecule has 2 atom stereocenters. The van der Waals surface area contributed by atoms with Gasteiger partial charge in [-0.3, -0.25) is 23.9 Å². The zero-order chi connectivity index (χ0) is 39.4. The third kappa shape index (κ3) is 10.00. The molecule has 282 valence electrons. The highest BCUT2D eigenvalue weighted by Crippen LogP contribution is 2.31. The first-order valence-electron chi connectivity index (χ1n) is 17.7. The fourth-order valence-corrected chi connectivity index (χ4v) is 6.67. The largest absolute Gasteiger partial charge is 0.755 e. The molecule has 0 spiro atoms. The number of hydrogen-bond donors (Lipinski definition) is 2. The van der Waals surface area contributed by atoms with E-state index in [1.54, 1.807) is 66.7 Å². The number of nitrogens with one attached hydrogen (secondary N) is 2. The molecule has 0 aliphatic heterocycles. The van der Waals surface area contributed by atoms with E-state index in [4.69, 9.17) is 10.00 Å². The lowest BCUT2D eigenvalue weighted by atomic mass is 10.0. The topological polar surface area (TPSA) is 178 Å². The van der Waals surface area contributed by atoms with Crippen molar-refractivity contribution in [3.05, 3.63) is 177 Å². The van der Waals surface area contributed by atoms with Gasteiger partial charge in [0.2, 0.25) is 0 Å². The van der Waals surface area contributed by atoms with E-state index in [0.717, 1.165) is 34.4 Å². The molecule has 12 nitrogen and oxygen atoms in total. The Hall–Kier alpha value is -6.88. The molecule has 6 aromatic carbocycles. The Morgan fingerprint density at radius 1 is 0.821 bits per heavy atom. The first kappa shape index (κ1) is 38.8. The number of fused-ring (bicyclic) bond motifs is 1. The maximum Gasteiger partial charge on any atom is 0.294 e. The van der Waals surface area contributed by atoms with E-state index in [1.807, 2.05) is 54.6 Å². The van der Waals surface area contributed by atoms with Crippen LogP contribution >= 0.6 is 0 Å². The number of nitrogens with zero attached hydrogens (tertiary/aromatic N) is 3. The number of carbonyl (C=O) groups excluding carboxylic acids is 2. The predicted molar refractivity (Wildman–Crippen MR) is 214 cm³/mol. The summed E-state index contributed by atoms with van der Waals surface area (Å²) in [7, 11) is 0. The molecule has 0 saturated heterocycles. The second-order valence-electron chi connectivity index (χ2n) is 12.9. The van der Waals surface area contributed by atoms with Crippen LogP contribution in [0.25, 0.3) is 10.8 Å². The summed E-state index contributed by atoms with van der Waals surface area (Å²) in [6.45, 7) is 0.653. The molecular weight excluding hydrogens is 731 g/mol. The zero-order valence-electron chi connectivity index (χ0n) is 30.0. The van der Waals surface area contributed by atoms with Crippen molar-refractivity contribution in [1.29, 1.82) is 5.26 Å². The Morgan fingerprint density at radius 2 is 1.52 bits per heavy atom. The summed E-state index contributed by atoms with van der Waals surface area (Å²) in [5, 5.41) is 28.7. The maximum absolute atomic E-state index is 14.2. The van der Waals surface area contributed by atoms with Gasteiger partial charge in [-0.1, -0.05) is 84.9 Å². The zero-order valence-corrected chi connectivity index (χ0v) is 30.8. The van der Waals surface area contributed by atoms with Crippen molar-refractivity contribution in [2.45, 2.75) is 31.9 Å². The van der Waals surface area contributed by atoms with E-state index in [2.05, 4.69) is 16.7 Å². The quantitative estimate of drug-likeness (QED) is 0.0439. The van der Waals surface area contributed by atoms with Gasteiger partial charge in [-0.25, -0.2) is 4.31 Å². The van der Waals surface area contributed by atoms with Crippen molar-refractivity contribution in [1.82, 2.24) is 5.32 Å². The Labute approximate surface area is 325 Å². The molecule has 0 fully saturated rings. The van der Waals surface area contributed by atoms with Gasteiger partial charge >= 0.3 is 0 Å². The van der Waals surface area contributed by atoms with Crippen LogP contribution in [-0.2, 0) is 35.5 Å². The Balaban J connectivity index is 1.23. The summed E-state index contributed by atoms with van der Waals surface area (Å²) in [6.07, 6.45) is 1.31. The van der Waals surface area contributed by atoms with Gasteiger partial charge in [-0.2, -0.15) is 5.26 Å². The molecule has 0 aliphatic rings. The number of anilines is 2. The fraction of sp³-hybridized carbons (Fsp3) is 0.140. The molecule has 0 bridgehead atoms. The van der Waals surface area contributed by atoms with Gasteiger partial charge in [0, 0.05) is 24.6 Å². The maximum atomic E-state index is 14.2. The highest BCUT2D eigenvalue weighted by atomic mass is 32.2. The summed E-state index contributed by atoms with van der Waals surface area (Å²) in [5.41, 5.74) is 2.82. The normalized spacial score (nSPS) is 11.9. The van der Waals surface area contributed by atoms with E-state index in [9.17, 15) is 28.5 Å². The number of ether oxygens (including phenoxy) is 1. The fourth-order valence-electron chi connectivity index (χ4n) is 6.11. The van der Waals surface area contributed by atoms with Crippen LogP contribution in [0.4, 0.5) is 17.1 Å². The molecule has 1 unspecified atom stereocenters. The molecule has 13 heteroatoms. The summed E-state index contributed by atoms with van der Waals surface area (Å²) in [6, 6.07) is 40.4. The average molecular weight is 767 g/mol. The lowest BCUT2D eigenvalue weighted by Gasteiger charge is -2.29. The van der Waals surface area contributed by atoms with Crippen LogP contribution in [0.3, 0.4) is 0 Å². The summed E-state index contributed by atoms with van der Waals surface area (Å²) in [5.74, 6) is -1.12. The van der Waals surface area contributed by atoms with E-state index in [1.165, 1.54) is 12.1 Å². The highest BCUT2D eigenvalue weighted by Gasteiger charge is 2.30. The second-order valence-corrected chi connectivity index (χ2v) is 13.7. The van der Waals surface area contributed by atoms with Gasteiger partial charge in [-0.05, 0) is 88.8 Å². The lowest BCUT2D eigenvalue weighted by molar-refractivity contribution is -0.383.